The van der Waals surface area contributed by atoms with Gasteiger partial charge in [-0.3, -0.25) is 23.9 Å². The number of rotatable bonds is 10. The van der Waals surface area contributed by atoms with E-state index in [1.54, 1.807) is 0 Å². The number of carbonyl (C=O) groups is 2. The number of ether oxygens (including phenoxy) is 1. The summed E-state index contributed by atoms with van der Waals surface area (Å²) in [5.41, 5.74) is -0.790. The molecule has 152 valence electrons. The number of unbranched alkanes of at least 4 members (excludes halogenated alkanes) is 2. The van der Waals surface area contributed by atoms with Crippen LogP contribution in [-0.2, 0) is 9.53 Å². The molecule has 0 aliphatic carbocycles. The van der Waals surface area contributed by atoms with E-state index in [1.165, 1.54) is 16.8 Å². The predicted octanol–water partition coefficient (Wildman–Crippen LogP) is 4.36. The molecule has 27 heavy (non-hydrogen) atoms. The van der Waals surface area contributed by atoms with Crippen molar-refractivity contribution in [2.45, 2.75) is 66.7 Å². The number of nitrogens with zero attached hydrogens (tertiary/aromatic N) is 1. The number of esters is 1. The molecule has 1 atom stereocenters. The Kier molecular flexibility index (Phi) is 9.09. The summed E-state index contributed by atoms with van der Waals surface area (Å²) in [6.07, 6.45) is 4.69. The number of H-pyrrole nitrogens is 1. The summed E-state index contributed by atoms with van der Waals surface area (Å²) in [5, 5.41) is 0. The standard InChI is InChI=1S/C20H32N2O4S/c1-14(2)13-20(5,15(3)4)18(25)26-12-8-6-7-9-17(24)22-11-10-16(23)21-19(22)27/h10-11,14-15H,6-9,12-13H2,1-5H3,(H,21,23,27). The molecule has 1 rings (SSSR count). The molecule has 0 spiro atoms. The van der Waals surface area contributed by atoms with Gasteiger partial charge in [0, 0.05) is 18.7 Å². The van der Waals surface area contributed by atoms with Gasteiger partial charge in [0.1, 0.15) is 0 Å². The summed E-state index contributed by atoms with van der Waals surface area (Å²) in [4.78, 5) is 38.2. The second-order valence-corrected chi connectivity index (χ2v) is 8.38. The minimum absolute atomic E-state index is 0.111. The summed E-state index contributed by atoms with van der Waals surface area (Å²) in [6, 6.07) is 1.27. The lowest BCUT2D eigenvalue weighted by Gasteiger charge is -2.32. The molecular weight excluding hydrogens is 364 g/mol. The van der Waals surface area contributed by atoms with Crippen LogP contribution in [0.15, 0.2) is 17.1 Å². The number of aromatic amines is 1. The largest absolute Gasteiger partial charge is 0.465 e. The van der Waals surface area contributed by atoms with Crippen LogP contribution < -0.4 is 5.56 Å². The first kappa shape index (κ1) is 23.3. The van der Waals surface area contributed by atoms with Crippen LogP contribution in [0.1, 0.15) is 71.5 Å². The quantitative estimate of drug-likeness (QED) is 0.361. The fraction of sp³-hybridized carbons (Fsp3) is 0.700. The van der Waals surface area contributed by atoms with E-state index in [2.05, 4.69) is 32.7 Å². The van der Waals surface area contributed by atoms with Crippen molar-refractivity contribution in [3.8, 4) is 0 Å². The van der Waals surface area contributed by atoms with Gasteiger partial charge in [-0.1, -0.05) is 27.7 Å². The van der Waals surface area contributed by atoms with Crippen molar-refractivity contribution in [1.29, 1.82) is 0 Å². The van der Waals surface area contributed by atoms with E-state index < -0.39 is 5.41 Å². The summed E-state index contributed by atoms with van der Waals surface area (Å²) in [5.74, 6) is 0.349. The molecule has 0 saturated carbocycles. The number of carbonyl (C=O) groups excluding carboxylic acids is 2. The predicted molar refractivity (Wildman–Crippen MR) is 108 cm³/mol. The normalized spacial score (nSPS) is 13.6. The third kappa shape index (κ3) is 7.05. The van der Waals surface area contributed by atoms with Gasteiger partial charge in [-0.15, -0.1) is 0 Å². The van der Waals surface area contributed by atoms with Crippen molar-refractivity contribution in [3.63, 3.8) is 0 Å². The fourth-order valence-corrected chi connectivity index (χ4v) is 3.28. The molecule has 7 heteroatoms. The van der Waals surface area contributed by atoms with Crippen molar-refractivity contribution in [2.24, 2.45) is 17.3 Å². The van der Waals surface area contributed by atoms with Gasteiger partial charge in [0.2, 0.25) is 5.91 Å². The molecule has 0 saturated heterocycles. The maximum absolute atomic E-state index is 12.5. The van der Waals surface area contributed by atoms with E-state index in [0.717, 1.165) is 12.8 Å². The lowest BCUT2D eigenvalue weighted by atomic mass is 9.73. The molecule has 1 aromatic rings. The lowest BCUT2D eigenvalue weighted by Crippen LogP contribution is -2.36. The first-order valence-electron chi connectivity index (χ1n) is 9.60. The molecule has 0 aliphatic rings. The molecule has 1 unspecified atom stereocenters. The first-order chi connectivity index (χ1) is 12.6. The van der Waals surface area contributed by atoms with Gasteiger partial charge < -0.3 is 4.74 Å². The van der Waals surface area contributed by atoms with Crippen molar-refractivity contribution in [1.82, 2.24) is 9.55 Å². The van der Waals surface area contributed by atoms with Crippen molar-refractivity contribution in [3.05, 3.63) is 27.4 Å². The number of hydrogen-bond donors (Lipinski definition) is 1. The zero-order valence-electron chi connectivity index (χ0n) is 17.0. The highest BCUT2D eigenvalue weighted by Gasteiger charge is 2.38. The third-order valence-corrected chi connectivity index (χ3v) is 5.23. The second kappa shape index (κ2) is 10.5. The summed E-state index contributed by atoms with van der Waals surface area (Å²) in [7, 11) is 0. The number of hydrogen-bond acceptors (Lipinski definition) is 5. The second-order valence-electron chi connectivity index (χ2n) is 7.99. The van der Waals surface area contributed by atoms with Gasteiger partial charge in [0.25, 0.3) is 5.56 Å². The first-order valence-corrected chi connectivity index (χ1v) is 10.0. The van der Waals surface area contributed by atoms with Gasteiger partial charge in [0.05, 0.1) is 12.0 Å². The Morgan fingerprint density at radius 1 is 1.22 bits per heavy atom. The van der Waals surface area contributed by atoms with E-state index >= 15 is 0 Å². The summed E-state index contributed by atoms with van der Waals surface area (Å²) >= 11 is 4.98. The maximum Gasteiger partial charge on any atom is 0.312 e. The maximum atomic E-state index is 12.5. The van der Waals surface area contributed by atoms with Gasteiger partial charge >= 0.3 is 5.97 Å². The lowest BCUT2D eigenvalue weighted by molar-refractivity contribution is -0.159. The minimum atomic E-state index is -0.467. The molecule has 0 fully saturated rings. The molecule has 0 radical (unpaired) electrons. The van der Waals surface area contributed by atoms with Crippen molar-refractivity contribution < 1.29 is 14.3 Å². The Hall–Kier alpha value is -1.76. The Labute approximate surface area is 166 Å². The highest BCUT2D eigenvalue weighted by atomic mass is 32.1. The SMILES string of the molecule is CC(C)CC(C)(C(=O)OCCCCCC(=O)n1ccc(=O)[nH]c1=S)C(C)C. The summed E-state index contributed by atoms with van der Waals surface area (Å²) < 4.78 is 6.89. The third-order valence-electron chi connectivity index (χ3n) is 4.93. The van der Waals surface area contributed by atoms with Crippen LogP contribution in [0.4, 0.5) is 0 Å². The average Bonchev–Trinajstić information content (AvgIpc) is 2.56. The van der Waals surface area contributed by atoms with E-state index in [-0.39, 0.29) is 28.1 Å². The van der Waals surface area contributed by atoms with Gasteiger partial charge in [-0.2, -0.15) is 0 Å². The molecule has 1 N–H and O–H groups in total. The van der Waals surface area contributed by atoms with Crippen molar-refractivity contribution in [2.75, 3.05) is 6.61 Å². The van der Waals surface area contributed by atoms with Crippen LogP contribution in [0.25, 0.3) is 0 Å². The van der Waals surface area contributed by atoms with Crippen LogP contribution in [0, 0.1) is 22.0 Å². The molecule has 1 heterocycles. The highest BCUT2D eigenvalue weighted by Crippen LogP contribution is 2.35. The summed E-state index contributed by atoms with van der Waals surface area (Å²) in [6.45, 7) is 10.7. The highest BCUT2D eigenvalue weighted by molar-refractivity contribution is 7.71. The molecule has 0 amide bonds. The zero-order valence-corrected chi connectivity index (χ0v) is 17.9. The van der Waals surface area contributed by atoms with E-state index in [4.69, 9.17) is 17.0 Å². The van der Waals surface area contributed by atoms with E-state index in [1.807, 2.05) is 6.92 Å². The van der Waals surface area contributed by atoms with Crippen LogP contribution >= 0.6 is 12.2 Å². The van der Waals surface area contributed by atoms with Crippen LogP contribution in [-0.4, -0.2) is 28.0 Å². The van der Waals surface area contributed by atoms with Gasteiger partial charge in [0.15, 0.2) is 4.77 Å². The van der Waals surface area contributed by atoms with Gasteiger partial charge in [-0.25, -0.2) is 0 Å². The van der Waals surface area contributed by atoms with Gasteiger partial charge in [-0.05, 0) is 56.7 Å². The Bertz CT molecular complexity index is 751. The molecular formula is C20H32N2O4S. The van der Waals surface area contributed by atoms with E-state index in [9.17, 15) is 14.4 Å². The Morgan fingerprint density at radius 3 is 2.44 bits per heavy atom. The minimum Gasteiger partial charge on any atom is -0.465 e. The Balaban J connectivity index is 2.37. The van der Waals surface area contributed by atoms with Crippen LogP contribution in [0.2, 0.25) is 0 Å². The smallest absolute Gasteiger partial charge is 0.312 e. The Morgan fingerprint density at radius 2 is 1.89 bits per heavy atom. The molecule has 0 aromatic carbocycles. The topological polar surface area (TPSA) is 81.2 Å². The molecule has 0 aliphatic heterocycles. The molecule has 0 bridgehead atoms. The van der Waals surface area contributed by atoms with Crippen LogP contribution in [0.3, 0.4) is 0 Å². The fourth-order valence-electron chi connectivity index (χ4n) is 3.02. The molecule has 1 aromatic heterocycles. The van der Waals surface area contributed by atoms with E-state index in [0.29, 0.717) is 31.8 Å². The van der Waals surface area contributed by atoms with Crippen LogP contribution in [0.5, 0.6) is 0 Å². The number of nitrogens with one attached hydrogen (secondary N) is 1. The van der Waals surface area contributed by atoms with Crippen molar-refractivity contribution >= 4 is 24.1 Å². The monoisotopic (exact) mass is 396 g/mol. The number of aromatic nitrogens is 2. The molecule has 6 nitrogen and oxygen atoms in total. The average molecular weight is 397 g/mol. The zero-order chi connectivity index (χ0) is 20.6.